The van der Waals surface area contributed by atoms with Crippen LogP contribution in [0.5, 0.6) is 0 Å². The Morgan fingerprint density at radius 3 is 2.02 bits per heavy atom. The maximum atomic E-state index is 13.6. The molecule has 1 saturated heterocycles. The van der Waals surface area contributed by atoms with E-state index in [9.17, 15) is 44.3 Å². The molecule has 2 unspecified atom stereocenters. The molecule has 0 spiro atoms. The van der Waals surface area contributed by atoms with Crippen molar-refractivity contribution >= 4 is 18.1 Å². The number of fused-ring (bicyclic) bond motifs is 1. The lowest BCUT2D eigenvalue weighted by atomic mass is 9.92. The van der Waals surface area contributed by atoms with E-state index in [2.05, 4.69) is 20.2 Å². The molecule has 0 saturated carbocycles. The van der Waals surface area contributed by atoms with Crippen molar-refractivity contribution in [3.8, 4) is 0 Å². The molecule has 18 heteroatoms. The number of likely N-dealkylation sites (N-methyl/N-ethyl adjacent to an activating group) is 1. The van der Waals surface area contributed by atoms with Gasteiger partial charge in [-0.2, -0.15) is 44.6 Å². The third-order valence-electron chi connectivity index (χ3n) is 7.59. The number of halogens is 9. The van der Waals surface area contributed by atoms with Gasteiger partial charge in [0.05, 0.1) is 34.9 Å². The predicted octanol–water partition coefficient (Wildman–Crippen LogP) is 7.08. The highest BCUT2D eigenvalue weighted by molar-refractivity contribution is 5.79. The van der Waals surface area contributed by atoms with Gasteiger partial charge in [0.1, 0.15) is 0 Å². The average Bonchev–Trinajstić information content (AvgIpc) is 3.39. The van der Waals surface area contributed by atoms with E-state index in [0.29, 0.717) is 43.8 Å². The van der Waals surface area contributed by atoms with Gasteiger partial charge in [-0.05, 0) is 86.5 Å². The van der Waals surface area contributed by atoms with Gasteiger partial charge in [-0.15, -0.1) is 0 Å². The van der Waals surface area contributed by atoms with Crippen LogP contribution in [0.15, 0.2) is 51.8 Å². The Bertz CT molecular complexity index is 1430. The van der Waals surface area contributed by atoms with Crippen molar-refractivity contribution in [1.29, 1.82) is 0 Å². The summed E-state index contributed by atoms with van der Waals surface area (Å²) in [6.45, 7) is 5.08. The van der Waals surface area contributed by atoms with E-state index >= 15 is 0 Å². The predicted molar refractivity (Wildman–Crippen MR) is 159 cm³/mol. The first-order valence-corrected chi connectivity index (χ1v) is 14.7. The average molecular weight is 698 g/mol. The maximum absolute atomic E-state index is 13.6. The summed E-state index contributed by atoms with van der Waals surface area (Å²) in [5.74, 6) is -0.422. The zero-order valence-electron chi connectivity index (χ0n) is 26.5. The number of anilines is 1. The summed E-state index contributed by atoms with van der Waals surface area (Å²) in [5.41, 5.74) is 2.28. The summed E-state index contributed by atoms with van der Waals surface area (Å²) in [7, 11) is 3.53. The van der Waals surface area contributed by atoms with Crippen LogP contribution in [0.1, 0.15) is 60.5 Å². The van der Waals surface area contributed by atoms with Crippen molar-refractivity contribution in [3.63, 3.8) is 0 Å². The van der Waals surface area contributed by atoms with Crippen molar-refractivity contribution in [2.75, 3.05) is 38.6 Å². The van der Waals surface area contributed by atoms with Crippen LogP contribution in [0, 0.1) is 0 Å². The van der Waals surface area contributed by atoms with Gasteiger partial charge in [0.15, 0.2) is 0 Å². The van der Waals surface area contributed by atoms with E-state index in [4.69, 9.17) is 5.73 Å². The van der Waals surface area contributed by atoms with Gasteiger partial charge in [0.25, 0.3) is 6.47 Å². The molecule has 0 radical (unpaired) electrons. The molecule has 266 valence electrons. The van der Waals surface area contributed by atoms with E-state index in [1.807, 2.05) is 11.9 Å². The number of hydrogen-bond donors (Lipinski definition) is 1. The van der Waals surface area contributed by atoms with E-state index in [-0.39, 0.29) is 30.2 Å². The normalized spacial score (nSPS) is 19.3. The molecule has 2 aromatic carbocycles. The van der Waals surface area contributed by atoms with Crippen LogP contribution in [-0.2, 0) is 34.6 Å². The van der Waals surface area contributed by atoms with Crippen LogP contribution in [0.2, 0.25) is 0 Å². The second-order valence-electron chi connectivity index (χ2n) is 11.7. The van der Waals surface area contributed by atoms with Crippen LogP contribution < -0.4 is 10.6 Å². The van der Waals surface area contributed by atoms with Crippen molar-refractivity contribution in [2.45, 2.75) is 70.0 Å². The molecule has 0 amide bonds. The summed E-state index contributed by atoms with van der Waals surface area (Å²) in [6.07, 6.45) is -14.0. The van der Waals surface area contributed by atoms with Crippen LogP contribution in [-0.4, -0.2) is 68.1 Å². The topological polar surface area (TPSA) is 99.1 Å². The molecular formula is C30H36F9N7O2. The largest absolute Gasteiger partial charge is 0.465 e. The van der Waals surface area contributed by atoms with Gasteiger partial charge < -0.3 is 25.2 Å². The van der Waals surface area contributed by atoms with Crippen molar-refractivity contribution in [3.05, 3.63) is 64.2 Å². The second kappa shape index (κ2) is 15.4. The third kappa shape index (κ3) is 10.5. The standard InChI is InChI=1S/C26H28F9N7.C4H8O2/c1-40-7-5-19(14-40)37-39-38-23(36)42(13-15-9-17(25(30,31)32)11-18(10-15)26(33,34)35)22-6-8-41(2)21-4-3-16(12-20(21)22)24(27,28)29;1-4(2)6-3-5/h3-4,9-12,19,22H,5-8,13-14H2,1-2H3,(H2,36,37,38);3-4H,1-2H3. The maximum Gasteiger partial charge on any atom is 0.416 e. The number of ether oxygens (including phenoxy) is 1. The zero-order chi connectivity index (χ0) is 36.0. The minimum absolute atomic E-state index is 0.00139. The molecule has 2 aliphatic heterocycles. The quantitative estimate of drug-likeness (QED) is 0.0830. The number of carbonyl (C=O) groups is 1. The highest BCUT2D eigenvalue weighted by atomic mass is 19.4. The number of nitrogens with zero attached hydrogens (tertiary/aromatic N) is 6. The Balaban J connectivity index is 0.000000952. The van der Waals surface area contributed by atoms with Gasteiger partial charge in [-0.25, -0.2) is 0 Å². The lowest BCUT2D eigenvalue weighted by molar-refractivity contribution is -0.143. The smallest absolute Gasteiger partial charge is 0.416 e. The second-order valence-corrected chi connectivity index (χ2v) is 11.7. The number of benzene rings is 2. The molecule has 2 aromatic rings. The van der Waals surface area contributed by atoms with Gasteiger partial charge in [-0.3, -0.25) is 4.79 Å². The van der Waals surface area contributed by atoms with E-state index < -0.39 is 59.3 Å². The number of likely N-dealkylation sites (tertiary alicyclic amines) is 1. The SMILES string of the molecule is CC(C)OC=O.CN1CCC(N=N/N=C(\N)N(Cc2cc(C(F)(F)F)cc(C(F)(F)F)c2)C2CCN(C)c3ccc(C(F)(F)F)cc32)C1. The monoisotopic (exact) mass is 697 g/mol. The highest BCUT2D eigenvalue weighted by Gasteiger charge is 2.39. The minimum atomic E-state index is -5.09. The lowest BCUT2D eigenvalue weighted by Crippen LogP contribution is -2.43. The number of hydrogen-bond acceptors (Lipinski definition) is 6. The van der Waals surface area contributed by atoms with Crippen molar-refractivity contribution in [2.24, 2.45) is 21.2 Å². The van der Waals surface area contributed by atoms with E-state index in [1.54, 1.807) is 25.8 Å². The minimum Gasteiger partial charge on any atom is -0.465 e. The zero-order valence-corrected chi connectivity index (χ0v) is 26.5. The molecular weight excluding hydrogens is 661 g/mol. The summed E-state index contributed by atoms with van der Waals surface area (Å²) in [5, 5.41) is 11.7. The summed E-state index contributed by atoms with van der Waals surface area (Å²) >= 11 is 0. The van der Waals surface area contributed by atoms with Crippen molar-refractivity contribution < 1.29 is 49.0 Å². The molecule has 4 rings (SSSR count). The first-order chi connectivity index (χ1) is 22.2. The fourth-order valence-corrected chi connectivity index (χ4v) is 5.24. The molecule has 0 aromatic heterocycles. The fourth-order valence-electron chi connectivity index (χ4n) is 5.24. The Hall–Kier alpha value is -4.09. The number of guanidine groups is 1. The van der Waals surface area contributed by atoms with Crippen LogP contribution in [0.4, 0.5) is 45.2 Å². The van der Waals surface area contributed by atoms with Crippen LogP contribution in [0.3, 0.4) is 0 Å². The van der Waals surface area contributed by atoms with E-state index in [1.165, 1.54) is 11.0 Å². The fraction of sp³-hybridized carbons (Fsp3) is 0.533. The Morgan fingerprint density at radius 1 is 0.938 bits per heavy atom. The van der Waals surface area contributed by atoms with E-state index in [0.717, 1.165) is 18.7 Å². The van der Waals surface area contributed by atoms with Crippen LogP contribution >= 0.6 is 0 Å². The summed E-state index contributed by atoms with van der Waals surface area (Å²) < 4.78 is 127. The third-order valence-corrected chi connectivity index (χ3v) is 7.59. The lowest BCUT2D eigenvalue weighted by Gasteiger charge is -2.40. The molecule has 0 bridgehead atoms. The number of rotatable bonds is 7. The molecule has 0 aliphatic carbocycles. The van der Waals surface area contributed by atoms with Gasteiger partial charge in [0, 0.05) is 38.9 Å². The Kier molecular flexibility index (Phi) is 12.3. The van der Waals surface area contributed by atoms with Crippen LogP contribution in [0.25, 0.3) is 0 Å². The molecule has 9 nitrogen and oxygen atoms in total. The summed E-state index contributed by atoms with van der Waals surface area (Å²) in [4.78, 5) is 14.3. The number of nitrogens with two attached hydrogens (primary N) is 1. The van der Waals surface area contributed by atoms with Gasteiger partial charge >= 0.3 is 18.5 Å². The molecule has 1 fully saturated rings. The molecule has 2 atom stereocenters. The Labute approximate surface area is 271 Å². The number of carbonyl (C=O) groups excluding carboxylic acids is 1. The molecule has 2 aliphatic rings. The van der Waals surface area contributed by atoms with Gasteiger partial charge in [0.2, 0.25) is 5.96 Å². The molecule has 2 N–H and O–H groups in total. The summed E-state index contributed by atoms with van der Waals surface area (Å²) in [6, 6.07) is 2.97. The molecule has 2 heterocycles. The van der Waals surface area contributed by atoms with Crippen molar-refractivity contribution in [1.82, 2.24) is 9.80 Å². The first-order valence-electron chi connectivity index (χ1n) is 14.7. The highest BCUT2D eigenvalue weighted by Crippen LogP contribution is 2.42. The number of alkyl halides is 9. The molecule has 48 heavy (non-hydrogen) atoms. The Morgan fingerprint density at radius 2 is 1.54 bits per heavy atom. The first kappa shape index (κ1) is 38.4. The van der Waals surface area contributed by atoms with Gasteiger partial charge in [-0.1, -0.05) is 5.10 Å².